The van der Waals surface area contributed by atoms with E-state index in [2.05, 4.69) is 33.0 Å². The van der Waals surface area contributed by atoms with Gasteiger partial charge in [-0.3, -0.25) is 4.79 Å². The summed E-state index contributed by atoms with van der Waals surface area (Å²) < 4.78 is 0. The van der Waals surface area contributed by atoms with Gasteiger partial charge in [0.15, 0.2) is 0 Å². The molecule has 1 aromatic rings. The molecule has 0 bridgehead atoms. The highest BCUT2D eigenvalue weighted by atomic mass is 35.5. The number of hydrogen-bond acceptors (Lipinski definition) is 3. The lowest BCUT2D eigenvalue weighted by Crippen LogP contribution is -2.66. The molecule has 1 unspecified atom stereocenters. The number of hydrogen-bond donors (Lipinski definition) is 2. The van der Waals surface area contributed by atoms with E-state index in [1.54, 1.807) is 0 Å². The van der Waals surface area contributed by atoms with E-state index in [1.807, 2.05) is 43.3 Å². The van der Waals surface area contributed by atoms with Crippen molar-refractivity contribution in [1.82, 2.24) is 5.32 Å². The molecule has 0 radical (unpaired) electrons. The van der Waals surface area contributed by atoms with Gasteiger partial charge in [-0.2, -0.15) is 0 Å². The van der Waals surface area contributed by atoms with Crippen molar-refractivity contribution >= 4 is 24.0 Å². The Morgan fingerprint density at radius 3 is 1.39 bits per heavy atom. The van der Waals surface area contributed by atoms with E-state index in [1.165, 1.54) is 109 Å². The Labute approximate surface area is 261 Å². The van der Waals surface area contributed by atoms with Gasteiger partial charge in [-0.05, 0) is 51.0 Å². The third-order valence-electron chi connectivity index (χ3n) is 8.87. The molecule has 41 heavy (non-hydrogen) atoms. The van der Waals surface area contributed by atoms with Gasteiger partial charge in [-0.1, -0.05) is 136 Å². The largest absolute Gasteiger partial charge is 0.378 e. The Hall–Kier alpha value is -1.26. The highest BCUT2D eigenvalue weighted by molar-refractivity contribution is 5.95. The van der Waals surface area contributed by atoms with Crippen LogP contribution in [0.15, 0.2) is 24.3 Å². The molecule has 3 N–H and O–H groups in total. The summed E-state index contributed by atoms with van der Waals surface area (Å²) in [6.07, 6.45) is 27.6. The number of carbonyl (C=O) groups excluding carboxylic acids is 1. The van der Waals surface area contributed by atoms with E-state index in [9.17, 15) is 4.79 Å². The van der Waals surface area contributed by atoms with Crippen LogP contribution in [0.2, 0.25) is 0 Å². The van der Waals surface area contributed by atoms with Crippen molar-refractivity contribution in [3.8, 4) is 0 Å². The molecule has 1 amide bonds. The average Bonchev–Trinajstić information content (AvgIpc) is 2.91. The summed E-state index contributed by atoms with van der Waals surface area (Å²) in [7, 11) is 4.02. The lowest BCUT2D eigenvalue weighted by Gasteiger charge is -2.46. The fourth-order valence-electron chi connectivity index (χ4n) is 6.01. The SMILES string of the molecule is CCCCCCCCCCCCCCCCCCCCC(CCC)(NC(=O)c1ccc(N(C)C)cc1)C(C)(C)N.Cl. The maximum atomic E-state index is 13.3. The molecular formula is C36H68ClN3O. The number of anilines is 1. The molecule has 240 valence electrons. The number of benzene rings is 1. The third-order valence-corrected chi connectivity index (χ3v) is 8.87. The predicted octanol–water partition coefficient (Wildman–Crippen LogP) is 10.6. The number of nitrogens with two attached hydrogens (primary N) is 1. The zero-order valence-electron chi connectivity index (χ0n) is 28.0. The molecule has 0 aliphatic carbocycles. The Balaban J connectivity index is 0.0000160. The molecule has 0 spiro atoms. The zero-order valence-corrected chi connectivity index (χ0v) is 28.8. The molecule has 1 atom stereocenters. The number of amides is 1. The molecule has 0 heterocycles. The van der Waals surface area contributed by atoms with Crippen LogP contribution < -0.4 is 16.0 Å². The smallest absolute Gasteiger partial charge is 0.251 e. The van der Waals surface area contributed by atoms with Crippen LogP contribution in [0.3, 0.4) is 0 Å². The summed E-state index contributed by atoms with van der Waals surface area (Å²) in [6.45, 7) is 8.63. The standard InChI is InChI=1S/C36H67N3O.ClH/c1-7-9-10-11-12-13-14-15-16-17-18-19-20-21-22-23-24-25-31-36(30-8-2,35(3,4)37)38-34(40)32-26-28-33(29-27-32)39(5)6;/h26-29H,7-25,30-31,37H2,1-6H3,(H,38,40);1H. The second kappa shape index (κ2) is 23.2. The van der Waals surface area contributed by atoms with E-state index in [-0.39, 0.29) is 18.3 Å². The molecule has 0 fully saturated rings. The number of carbonyl (C=O) groups is 1. The maximum Gasteiger partial charge on any atom is 0.251 e. The van der Waals surface area contributed by atoms with E-state index < -0.39 is 11.1 Å². The van der Waals surface area contributed by atoms with Crippen molar-refractivity contribution < 1.29 is 4.79 Å². The van der Waals surface area contributed by atoms with Crippen LogP contribution in [0.25, 0.3) is 0 Å². The Morgan fingerprint density at radius 1 is 0.659 bits per heavy atom. The molecule has 1 rings (SSSR count). The second-order valence-electron chi connectivity index (χ2n) is 13.2. The Morgan fingerprint density at radius 2 is 1.05 bits per heavy atom. The maximum absolute atomic E-state index is 13.3. The van der Waals surface area contributed by atoms with Gasteiger partial charge < -0.3 is 16.0 Å². The third kappa shape index (κ3) is 16.8. The highest BCUT2D eigenvalue weighted by Crippen LogP contribution is 2.32. The summed E-state index contributed by atoms with van der Waals surface area (Å²) in [5.41, 5.74) is 7.66. The summed E-state index contributed by atoms with van der Waals surface area (Å²) in [5, 5.41) is 3.42. The van der Waals surface area contributed by atoms with Gasteiger partial charge in [0, 0.05) is 30.9 Å². The quantitative estimate of drug-likeness (QED) is 0.111. The Bertz CT molecular complexity index is 759. The van der Waals surface area contributed by atoms with Crippen molar-refractivity contribution in [1.29, 1.82) is 0 Å². The van der Waals surface area contributed by atoms with Crippen LogP contribution in [0.5, 0.6) is 0 Å². The fourth-order valence-corrected chi connectivity index (χ4v) is 6.01. The lowest BCUT2D eigenvalue weighted by molar-refractivity contribution is 0.0806. The molecule has 0 saturated heterocycles. The van der Waals surface area contributed by atoms with E-state index >= 15 is 0 Å². The number of rotatable bonds is 25. The first-order valence-corrected chi connectivity index (χ1v) is 17.1. The number of nitrogens with zero attached hydrogens (tertiary/aromatic N) is 1. The van der Waals surface area contributed by atoms with E-state index in [0.717, 1.165) is 31.4 Å². The van der Waals surface area contributed by atoms with Gasteiger partial charge in [0.05, 0.1) is 5.54 Å². The molecule has 1 aromatic carbocycles. The van der Waals surface area contributed by atoms with Crippen LogP contribution in [0.1, 0.15) is 173 Å². The number of nitrogens with one attached hydrogen (secondary N) is 1. The van der Waals surface area contributed by atoms with Gasteiger partial charge >= 0.3 is 0 Å². The molecular weight excluding hydrogens is 526 g/mol. The minimum atomic E-state index is -0.489. The molecule has 5 heteroatoms. The second-order valence-corrected chi connectivity index (χ2v) is 13.2. The first kappa shape index (κ1) is 39.7. The molecule has 0 saturated carbocycles. The van der Waals surface area contributed by atoms with Crippen LogP contribution in [0, 0.1) is 0 Å². The normalized spacial score (nSPS) is 13.0. The minimum absolute atomic E-state index is 0. The van der Waals surface area contributed by atoms with Crippen LogP contribution >= 0.6 is 12.4 Å². The first-order valence-electron chi connectivity index (χ1n) is 17.1. The van der Waals surface area contributed by atoms with E-state index in [4.69, 9.17) is 5.73 Å². The summed E-state index contributed by atoms with van der Waals surface area (Å²) in [4.78, 5) is 15.3. The van der Waals surface area contributed by atoms with Crippen molar-refractivity contribution in [3.63, 3.8) is 0 Å². The van der Waals surface area contributed by atoms with Gasteiger partial charge in [0.1, 0.15) is 0 Å². The lowest BCUT2D eigenvalue weighted by atomic mass is 9.73. The van der Waals surface area contributed by atoms with Crippen molar-refractivity contribution in [2.24, 2.45) is 5.73 Å². The van der Waals surface area contributed by atoms with Gasteiger partial charge in [-0.15, -0.1) is 12.4 Å². The number of halogens is 1. The monoisotopic (exact) mass is 594 g/mol. The van der Waals surface area contributed by atoms with Gasteiger partial charge in [0.25, 0.3) is 5.91 Å². The zero-order chi connectivity index (χ0) is 29.7. The van der Waals surface area contributed by atoms with Gasteiger partial charge in [-0.25, -0.2) is 0 Å². The van der Waals surface area contributed by atoms with Crippen LogP contribution in [-0.4, -0.2) is 31.1 Å². The fraction of sp³-hybridized carbons (Fsp3) is 0.806. The average molecular weight is 594 g/mol. The topological polar surface area (TPSA) is 58.4 Å². The van der Waals surface area contributed by atoms with Crippen molar-refractivity contribution in [3.05, 3.63) is 29.8 Å². The molecule has 0 aliphatic rings. The van der Waals surface area contributed by atoms with Gasteiger partial charge in [0.2, 0.25) is 0 Å². The molecule has 0 aromatic heterocycles. The van der Waals surface area contributed by atoms with Crippen LogP contribution in [0.4, 0.5) is 5.69 Å². The summed E-state index contributed by atoms with van der Waals surface area (Å²) >= 11 is 0. The minimum Gasteiger partial charge on any atom is -0.378 e. The van der Waals surface area contributed by atoms with Crippen molar-refractivity contribution in [2.75, 3.05) is 19.0 Å². The predicted molar refractivity (Wildman–Crippen MR) is 185 cm³/mol. The summed E-state index contributed by atoms with van der Waals surface area (Å²) in [6, 6.07) is 7.84. The van der Waals surface area contributed by atoms with Crippen LogP contribution in [-0.2, 0) is 0 Å². The summed E-state index contributed by atoms with van der Waals surface area (Å²) in [5.74, 6) is -0.0142. The molecule has 0 aliphatic heterocycles. The van der Waals surface area contributed by atoms with Crippen molar-refractivity contribution in [2.45, 2.75) is 174 Å². The highest BCUT2D eigenvalue weighted by Gasteiger charge is 2.42. The van der Waals surface area contributed by atoms with E-state index in [0.29, 0.717) is 5.56 Å². The molecule has 4 nitrogen and oxygen atoms in total. The first-order chi connectivity index (χ1) is 19.2. The Kier molecular flexibility index (Phi) is 22.5. The number of unbranched alkanes of at least 4 members (excludes halogenated alkanes) is 17.